The van der Waals surface area contributed by atoms with Gasteiger partial charge in [-0.3, -0.25) is 0 Å². The van der Waals surface area contributed by atoms with Crippen molar-refractivity contribution >= 4 is 0 Å². The maximum Gasteiger partial charge on any atom is 0.0933 e. The molecule has 1 atom stereocenters. The van der Waals surface area contributed by atoms with Gasteiger partial charge in [-0.1, -0.05) is 32.1 Å². The lowest BCUT2D eigenvalue weighted by Gasteiger charge is -2.24. The molecule has 1 heterocycles. The molecule has 0 amide bonds. The third-order valence-electron chi connectivity index (χ3n) is 3.71. The fraction of sp³-hybridized carbons (Fsp3) is 1.00. The van der Waals surface area contributed by atoms with Crippen molar-refractivity contribution in [2.45, 2.75) is 44.6 Å². The molecule has 0 spiro atoms. The Morgan fingerprint density at radius 2 is 1.94 bits per heavy atom. The quantitative estimate of drug-likeness (QED) is 0.728. The fourth-order valence-corrected chi connectivity index (χ4v) is 2.70. The molecular weight excluding hydrogens is 202 g/mol. The minimum absolute atomic E-state index is 0.278. The first-order valence-corrected chi connectivity index (χ1v) is 6.85. The first-order valence-electron chi connectivity index (χ1n) is 6.85. The molecule has 3 nitrogen and oxygen atoms in total. The predicted octanol–water partition coefficient (Wildman–Crippen LogP) is 1.96. The van der Waals surface area contributed by atoms with Gasteiger partial charge in [0.05, 0.1) is 25.9 Å². The summed E-state index contributed by atoms with van der Waals surface area (Å²) in [5.74, 6) is 0.977. The average Bonchev–Trinajstić information content (AvgIpc) is 2.37. The molecule has 3 heteroatoms. The summed E-state index contributed by atoms with van der Waals surface area (Å²) in [6.07, 6.45) is 8.87. The van der Waals surface area contributed by atoms with Crippen LogP contribution in [0.2, 0.25) is 0 Å². The van der Waals surface area contributed by atoms with Gasteiger partial charge in [0.1, 0.15) is 0 Å². The lowest BCUT2D eigenvalue weighted by atomic mass is 9.87. The van der Waals surface area contributed by atoms with Crippen LogP contribution in [0.1, 0.15) is 38.5 Å². The summed E-state index contributed by atoms with van der Waals surface area (Å²) in [7, 11) is 0. The zero-order valence-corrected chi connectivity index (χ0v) is 10.2. The lowest BCUT2D eigenvalue weighted by molar-refractivity contribution is -0.0863. The number of ether oxygens (including phenoxy) is 2. The van der Waals surface area contributed by atoms with Crippen molar-refractivity contribution in [3.63, 3.8) is 0 Å². The van der Waals surface area contributed by atoms with Crippen LogP contribution >= 0.6 is 0 Å². The summed E-state index contributed by atoms with van der Waals surface area (Å²) in [4.78, 5) is 0. The Morgan fingerprint density at radius 3 is 2.69 bits per heavy atom. The molecule has 1 unspecified atom stereocenters. The highest BCUT2D eigenvalue weighted by Gasteiger charge is 2.15. The van der Waals surface area contributed by atoms with Gasteiger partial charge < -0.3 is 14.8 Å². The summed E-state index contributed by atoms with van der Waals surface area (Å²) in [6.45, 7) is 4.38. The number of hydrogen-bond donors (Lipinski definition) is 1. The van der Waals surface area contributed by atoms with E-state index in [1.807, 2.05) is 0 Å². The highest BCUT2D eigenvalue weighted by atomic mass is 16.6. The van der Waals surface area contributed by atoms with Gasteiger partial charge in [-0.15, -0.1) is 0 Å². The summed E-state index contributed by atoms with van der Waals surface area (Å²) < 4.78 is 10.9. The van der Waals surface area contributed by atoms with Crippen LogP contribution in [-0.2, 0) is 9.47 Å². The van der Waals surface area contributed by atoms with Gasteiger partial charge in [0.15, 0.2) is 0 Å². The summed E-state index contributed by atoms with van der Waals surface area (Å²) in [5.41, 5.74) is 0. The Kier molecular flexibility index (Phi) is 5.59. The van der Waals surface area contributed by atoms with Crippen LogP contribution in [0.5, 0.6) is 0 Å². The van der Waals surface area contributed by atoms with Crippen molar-refractivity contribution in [2.75, 3.05) is 32.9 Å². The lowest BCUT2D eigenvalue weighted by Crippen LogP contribution is -2.38. The zero-order chi connectivity index (χ0) is 11.1. The van der Waals surface area contributed by atoms with Crippen LogP contribution in [0.25, 0.3) is 0 Å². The average molecular weight is 227 g/mol. The Labute approximate surface area is 98.9 Å². The summed E-state index contributed by atoms with van der Waals surface area (Å²) in [6, 6.07) is 0. The second-order valence-electron chi connectivity index (χ2n) is 5.06. The largest absolute Gasteiger partial charge is 0.376 e. The van der Waals surface area contributed by atoms with E-state index in [1.54, 1.807) is 0 Å². The highest BCUT2D eigenvalue weighted by Crippen LogP contribution is 2.25. The van der Waals surface area contributed by atoms with Crippen LogP contribution < -0.4 is 5.32 Å². The highest BCUT2D eigenvalue weighted by molar-refractivity contribution is 4.69. The van der Waals surface area contributed by atoms with Crippen molar-refractivity contribution in [3.8, 4) is 0 Å². The molecule has 16 heavy (non-hydrogen) atoms. The fourth-order valence-electron chi connectivity index (χ4n) is 2.70. The van der Waals surface area contributed by atoms with Gasteiger partial charge in [0, 0.05) is 6.54 Å². The van der Waals surface area contributed by atoms with Crippen molar-refractivity contribution in [2.24, 2.45) is 5.92 Å². The van der Waals surface area contributed by atoms with Crippen molar-refractivity contribution in [1.29, 1.82) is 0 Å². The van der Waals surface area contributed by atoms with E-state index in [0.717, 1.165) is 38.8 Å². The topological polar surface area (TPSA) is 30.5 Å². The third kappa shape index (κ3) is 4.40. The zero-order valence-electron chi connectivity index (χ0n) is 10.2. The second kappa shape index (κ2) is 7.25. The molecule has 1 saturated carbocycles. The summed E-state index contributed by atoms with van der Waals surface area (Å²) in [5, 5.41) is 3.50. The molecule has 0 aromatic rings. The molecule has 0 aromatic carbocycles. The molecule has 2 fully saturated rings. The molecule has 0 bridgehead atoms. The molecule has 1 aliphatic carbocycles. The smallest absolute Gasteiger partial charge is 0.0933 e. The Hall–Kier alpha value is -0.120. The standard InChI is InChI=1S/C13H25NO2/c1-2-4-12(5-3-1)6-7-14-10-13-11-15-8-9-16-13/h12-14H,1-11H2. The first kappa shape index (κ1) is 12.3. The van der Waals surface area contributed by atoms with Crippen molar-refractivity contribution in [3.05, 3.63) is 0 Å². The molecule has 94 valence electrons. The minimum atomic E-state index is 0.278. The van der Waals surface area contributed by atoms with Crippen LogP contribution in [-0.4, -0.2) is 39.0 Å². The van der Waals surface area contributed by atoms with Gasteiger partial charge >= 0.3 is 0 Å². The number of nitrogens with one attached hydrogen (secondary N) is 1. The number of rotatable bonds is 5. The SMILES string of the molecule is C1CCC(CCNCC2COCCO2)CC1. The van der Waals surface area contributed by atoms with E-state index in [2.05, 4.69) is 5.32 Å². The van der Waals surface area contributed by atoms with Gasteiger partial charge in [-0.25, -0.2) is 0 Å². The summed E-state index contributed by atoms with van der Waals surface area (Å²) >= 11 is 0. The molecule has 1 N–H and O–H groups in total. The predicted molar refractivity (Wildman–Crippen MR) is 64.6 cm³/mol. The van der Waals surface area contributed by atoms with Crippen LogP contribution in [0.3, 0.4) is 0 Å². The van der Waals surface area contributed by atoms with Gasteiger partial charge in [0.25, 0.3) is 0 Å². The van der Waals surface area contributed by atoms with E-state index in [0.29, 0.717) is 0 Å². The van der Waals surface area contributed by atoms with E-state index in [-0.39, 0.29) is 6.10 Å². The maximum absolute atomic E-state index is 5.58. The van der Waals surface area contributed by atoms with E-state index in [9.17, 15) is 0 Å². The van der Waals surface area contributed by atoms with Crippen LogP contribution in [0.15, 0.2) is 0 Å². The molecule has 1 aliphatic heterocycles. The van der Waals surface area contributed by atoms with Gasteiger partial charge in [-0.05, 0) is 18.9 Å². The van der Waals surface area contributed by atoms with E-state index in [4.69, 9.17) is 9.47 Å². The Bertz CT molecular complexity index is 155. The third-order valence-corrected chi connectivity index (χ3v) is 3.71. The van der Waals surface area contributed by atoms with E-state index < -0.39 is 0 Å². The molecule has 1 saturated heterocycles. The minimum Gasteiger partial charge on any atom is -0.376 e. The van der Waals surface area contributed by atoms with Crippen LogP contribution in [0.4, 0.5) is 0 Å². The van der Waals surface area contributed by atoms with E-state index >= 15 is 0 Å². The molecule has 0 aromatic heterocycles. The monoisotopic (exact) mass is 227 g/mol. The first-order chi connectivity index (χ1) is 7.95. The van der Waals surface area contributed by atoms with Crippen molar-refractivity contribution < 1.29 is 9.47 Å². The van der Waals surface area contributed by atoms with Gasteiger partial charge in [0.2, 0.25) is 0 Å². The molecular formula is C13H25NO2. The second-order valence-corrected chi connectivity index (χ2v) is 5.06. The van der Waals surface area contributed by atoms with Crippen LogP contribution in [0, 0.1) is 5.92 Å². The van der Waals surface area contributed by atoms with Gasteiger partial charge in [-0.2, -0.15) is 0 Å². The van der Waals surface area contributed by atoms with E-state index in [1.165, 1.54) is 38.5 Å². The number of hydrogen-bond acceptors (Lipinski definition) is 3. The Morgan fingerprint density at radius 1 is 1.06 bits per heavy atom. The molecule has 2 rings (SSSR count). The normalized spacial score (nSPS) is 28.1. The maximum atomic E-state index is 5.58. The molecule has 0 radical (unpaired) electrons. The molecule has 2 aliphatic rings. The van der Waals surface area contributed by atoms with Crippen molar-refractivity contribution in [1.82, 2.24) is 5.32 Å². The Balaban J connectivity index is 1.47.